The Balaban J connectivity index is 3.65. The van der Waals surface area contributed by atoms with Gasteiger partial charge in [0.1, 0.15) is 0 Å². The van der Waals surface area contributed by atoms with Crippen LogP contribution in [0.2, 0.25) is 0 Å². The van der Waals surface area contributed by atoms with Crippen LogP contribution in [0.15, 0.2) is 0 Å². The Labute approximate surface area is 75.0 Å². The van der Waals surface area contributed by atoms with E-state index in [0.717, 1.165) is 25.7 Å². The summed E-state index contributed by atoms with van der Waals surface area (Å²) in [6.45, 7) is 6.57. The highest BCUT2D eigenvalue weighted by molar-refractivity contribution is 5.66. The second-order valence-corrected chi connectivity index (χ2v) is 3.77. The van der Waals surface area contributed by atoms with Crippen LogP contribution in [-0.2, 0) is 4.79 Å². The van der Waals surface area contributed by atoms with Gasteiger partial charge in [-0.1, -0.05) is 33.6 Å². The number of carboxylic acid groups (broad SMARTS) is 1. The molecule has 0 saturated heterocycles. The summed E-state index contributed by atoms with van der Waals surface area (Å²) in [7, 11) is 0. The van der Waals surface area contributed by atoms with Gasteiger partial charge in [0.05, 0.1) is 0 Å². The average Bonchev–Trinajstić information content (AvgIpc) is 2.03. The first-order chi connectivity index (χ1) is 5.54. The van der Waals surface area contributed by atoms with Crippen LogP contribution in [0, 0.1) is 5.41 Å². The van der Waals surface area contributed by atoms with Gasteiger partial charge in [0.25, 0.3) is 0 Å². The highest BCUT2D eigenvalue weighted by Crippen LogP contribution is 2.31. The molecule has 0 saturated carbocycles. The Kier molecular flexibility index (Phi) is 4.95. The summed E-state index contributed by atoms with van der Waals surface area (Å²) in [5.41, 5.74) is 0.357. The molecule has 0 bridgehead atoms. The highest BCUT2D eigenvalue weighted by Gasteiger charge is 2.18. The van der Waals surface area contributed by atoms with Gasteiger partial charge in [-0.15, -0.1) is 0 Å². The molecule has 0 aliphatic rings. The molecule has 0 rings (SSSR count). The van der Waals surface area contributed by atoms with E-state index in [1.54, 1.807) is 0 Å². The fraction of sp³-hybridized carbons (Fsp3) is 0.900. The van der Waals surface area contributed by atoms with Crippen molar-refractivity contribution in [2.45, 2.75) is 52.9 Å². The lowest BCUT2D eigenvalue weighted by atomic mass is 9.80. The third kappa shape index (κ3) is 4.37. The summed E-state index contributed by atoms with van der Waals surface area (Å²) >= 11 is 0. The molecule has 0 aliphatic carbocycles. The van der Waals surface area contributed by atoms with Gasteiger partial charge in [-0.25, -0.2) is 0 Å². The predicted octanol–water partition coefficient (Wildman–Crippen LogP) is 3.07. The van der Waals surface area contributed by atoms with E-state index in [1.807, 2.05) is 0 Å². The standard InChI is InChI=1S/C10H20O2/c1-4-10(3,5-2)8-6-7-9(11)12/h4-8H2,1-3H3,(H,11,12). The van der Waals surface area contributed by atoms with Crippen molar-refractivity contribution in [3.05, 3.63) is 0 Å². The molecule has 0 aromatic carbocycles. The molecular formula is C10H20O2. The predicted molar refractivity (Wildman–Crippen MR) is 50.2 cm³/mol. The lowest BCUT2D eigenvalue weighted by Crippen LogP contribution is -2.14. The minimum Gasteiger partial charge on any atom is -0.481 e. The summed E-state index contributed by atoms with van der Waals surface area (Å²) in [6.07, 6.45) is 4.45. The molecule has 0 amide bonds. The van der Waals surface area contributed by atoms with E-state index in [0.29, 0.717) is 11.8 Å². The first-order valence-electron chi connectivity index (χ1n) is 4.76. The van der Waals surface area contributed by atoms with Crippen molar-refractivity contribution in [1.29, 1.82) is 0 Å². The second-order valence-electron chi connectivity index (χ2n) is 3.77. The molecular weight excluding hydrogens is 152 g/mol. The van der Waals surface area contributed by atoms with Gasteiger partial charge in [0.2, 0.25) is 0 Å². The summed E-state index contributed by atoms with van der Waals surface area (Å²) in [6, 6.07) is 0. The Morgan fingerprint density at radius 2 is 1.83 bits per heavy atom. The van der Waals surface area contributed by atoms with Gasteiger partial charge < -0.3 is 5.11 Å². The van der Waals surface area contributed by atoms with Gasteiger partial charge in [0.15, 0.2) is 0 Å². The molecule has 0 unspecified atom stereocenters. The molecule has 2 nitrogen and oxygen atoms in total. The topological polar surface area (TPSA) is 37.3 Å². The summed E-state index contributed by atoms with van der Waals surface area (Å²) in [5.74, 6) is -0.676. The molecule has 1 N–H and O–H groups in total. The van der Waals surface area contributed by atoms with E-state index >= 15 is 0 Å². The summed E-state index contributed by atoms with van der Waals surface area (Å²) < 4.78 is 0. The summed E-state index contributed by atoms with van der Waals surface area (Å²) in [5, 5.41) is 8.46. The van der Waals surface area contributed by atoms with Crippen molar-refractivity contribution in [3.63, 3.8) is 0 Å². The van der Waals surface area contributed by atoms with Crippen LogP contribution in [0.3, 0.4) is 0 Å². The molecule has 0 aromatic rings. The number of carboxylic acids is 1. The zero-order valence-electron chi connectivity index (χ0n) is 8.39. The van der Waals surface area contributed by atoms with Crippen LogP contribution < -0.4 is 0 Å². The Hall–Kier alpha value is -0.530. The normalized spacial score (nSPS) is 11.6. The SMILES string of the molecule is CCC(C)(CC)CCCC(=O)O. The lowest BCUT2D eigenvalue weighted by molar-refractivity contribution is -0.137. The van der Waals surface area contributed by atoms with E-state index in [1.165, 1.54) is 0 Å². The van der Waals surface area contributed by atoms with Crippen molar-refractivity contribution in [3.8, 4) is 0 Å². The number of carbonyl (C=O) groups is 1. The lowest BCUT2D eigenvalue weighted by Gasteiger charge is -2.26. The quantitative estimate of drug-likeness (QED) is 0.668. The van der Waals surface area contributed by atoms with Crippen LogP contribution in [0.5, 0.6) is 0 Å². The molecule has 0 heterocycles. The first-order valence-corrected chi connectivity index (χ1v) is 4.76. The molecule has 72 valence electrons. The van der Waals surface area contributed by atoms with E-state index in [2.05, 4.69) is 20.8 Å². The van der Waals surface area contributed by atoms with E-state index in [4.69, 9.17) is 5.11 Å². The molecule has 0 aliphatic heterocycles. The second kappa shape index (κ2) is 5.18. The number of hydrogen-bond acceptors (Lipinski definition) is 1. The Morgan fingerprint density at radius 1 is 1.33 bits per heavy atom. The highest BCUT2D eigenvalue weighted by atomic mass is 16.4. The largest absolute Gasteiger partial charge is 0.481 e. The van der Waals surface area contributed by atoms with Crippen molar-refractivity contribution in [1.82, 2.24) is 0 Å². The molecule has 0 aromatic heterocycles. The van der Waals surface area contributed by atoms with Gasteiger partial charge in [-0.05, 0) is 18.3 Å². The molecule has 2 heteroatoms. The van der Waals surface area contributed by atoms with Crippen molar-refractivity contribution < 1.29 is 9.90 Å². The van der Waals surface area contributed by atoms with Gasteiger partial charge in [0, 0.05) is 6.42 Å². The van der Waals surface area contributed by atoms with Crippen molar-refractivity contribution in [2.24, 2.45) is 5.41 Å². The maximum absolute atomic E-state index is 10.3. The van der Waals surface area contributed by atoms with Crippen LogP contribution in [0.25, 0.3) is 0 Å². The van der Waals surface area contributed by atoms with E-state index < -0.39 is 5.97 Å². The van der Waals surface area contributed by atoms with Gasteiger partial charge in [-0.3, -0.25) is 4.79 Å². The average molecular weight is 172 g/mol. The Morgan fingerprint density at radius 3 is 2.17 bits per heavy atom. The van der Waals surface area contributed by atoms with Crippen LogP contribution >= 0.6 is 0 Å². The van der Waals surface area contributed by atoms with Crippen LogP contribution in [-0.4, -0.2) is 11.1 Å². The van der Waals surface area contributed by atoms with Gasteiger partial charge >= 0.3 is 5.97 Å². The molecule has 0 radical (unpaired) electrons. The molecule has 12 heavy (non-hydrogen) atoms. The third-order valence-corrected chi connectivity index (χ3v) is 2.88. The Bertz CT molecular complexity index is 137. The van der Waals surface area contributed by atoms with Crippen LogP contribution in [0.1, 0.15) is 52.9 Å². The molecule has 0 spiro atoms. The fourth-order valence-corrected chi connectivity index (χ4v) is 1.27. The molecule has 0 fully saturated rings. The first kappa shape index (κ1) is 11.5. The van der Waals surface area contributed by atoms with E-state index in [9.17, 15) is 4.79 Å². The number of rotatable bonds is 6. The number of aliphatic carboxylic acids is 1. The summed E-state index contributed by atoms with van der Waals surface area (Å²) in [4.78, 5) is 10.3. The zero-order chi connectivity index (χ0) is 9.61. The zero-order valence-corrected chi connectivity index (χ0v) is 8.39. The van der Waals surface area contributed by atoms with Gasteiger partial charge in [-0.2, -0.15) is 0 Å². The number of hydrogen-bond donors (Lipinski definition) is 1. The fourth-order valence-electron chi connectivity index (χ4n) is 1.27. The monoisotopic (exact) mass is 172 g/mol. The minimum atomic E-state index is -0.676. The molecule has 0 atom stereocenters. The maximum Gasteiger partial charge on any atom is 0.303 e. The van der Waals surface area contributed by atoms with Crippen LogP contribution in [0.4, 0.5) is 0 Å². The third-order valence-electron chi connectivity index (χ3n) is 2.88. The smallest absolute Gasteiger partial charge is 0.303 e. The van der Waals surface area contributed by atoms with Crippen molar-refractivity contribution in [2.75, 3.05) is 0 Å². The minimum absolute atomic E-state index is 0.315. The van der Waals surface area contributed by atoms with Crippen molar-refractivity contribution >= 4 is 5.97 Å². The maximum atomic E-state index is 10.3. The van der Waals surface area contributed by atoms with E-state index in [-0.39, 0.29) is 0 Å².